The predicted molar refractivity (Wildman–Crippen MR) is 51.6 cm³/mol. The van der Waals surface area contributed by atoms with Gasteiger partial charge in [0.25, 0.3) is 0 Å². The van der Waals surface area contributed by atoms with Gasteiger partial charge in [0, 0.05) is 0 Å². The van der Waals surface area contributed by atoms with E-state index in [-0.39, 0.29) is 12.3 Å². The lowest BCUT2D eigenvalue weighted by atomic mass is 10.3. The van der Waals surface area contributed by atoms with Crippen molar-refractivity contribution in [1.82, 2.24) is 4.98 Å². The quantitative estimate of drug-likeness (QED) is 0.777. The molecule has 96 valence electrons. The number of hydrogen-bond acceptors (Lipinski definition) is 5. The highest BCUT2D eigenvalue weighted by atomic mass is 19.4. The SMILES string of the molecule is CCOC(=O)c1ccc(OC(F)(F)F)c(C#N)n1. The summed E-state index contributed by atoms with van der Waals surface area (Å²) in [4.78, 5) is 14.7. The minimum Gasteiger partial charge on any atom is -0.461 e. The molecule has 0 aliphatic carbocycles. The van der Waals surface area contributed by atoms with Crippen molar-refractivity contribution in [1.29, 1.82) is 5.26 Å². The molecule has 0 amide bonds. The van der Waals surface area contributed by atoms with E-state index in [1.165, 1.54) is 6.07 Å². The van der Waals surface area contributed by atoms with Crippen molar-refractivity contribution >= 4 is 5.97 Å². The number of nitriles is 1. The summed E-state index contributed by atoms with van der Waals surface area (Å²) < 4.78 is 44.1. The van der Waals surface area contributed by atoms with Gasteiger partial charge < -0.3 is 9.47 Å². The predicted octanol–water partition coefficient (Wildman–Crippen LogP) is 2.03. The summed E-state index contributed by atoms with van der Waals surface area (Å²) in [6.45, 7) is 1.65. The fraction of sp³-hybridized carbons (Fsp3) is 0.300. The van der Waals surface area contributed by atoms with Crippen molar-refractivity contribution < 1.29 is 27.4 Å². The molecule has 0 N–H and O–H groups in total. The van der Waals surface area contributed by atoms with Crippen LogP contribution >= 0.6 is 0 Å². The van der Waals surface area contributed by atoms with Gasteiger partial charge in [-0.25, -0.2) is 9.78 Å². The van der Waals surface area contributed by atoms with E-state index in [0.717, 1.165) is 12.1 Å². The first kappa shape index (κ1) is 13.8. The van der Waals surface area contributed by atoms with E-state index in [1.807, 2.05) is 0 Å². The second kappa shape index (κ2) is 5.35. The Morgan fingerprint density at radius 2 is 2.17 bits per heavy atom. The Labute approximate surface area is 99.8 Å². The van der Waals surface area contributed by atoms with Gasteiger partial charge in [-0.1, -0.05) is 0 Å². The third-order valence-corrected chi connectivity index (χ3v) is 1.67. The number of rotatable bonds is 3. The van der Waals surface area contributed by atoms with Gasteiger partial charge in [-0.2, -0.15) is 5.26 Å². The van der Waals surface area contributed by atoms with Gasteiger partial charge in [-0.3, -0.25) is 0 Å². The van der Waals surface area contributed by atoms with Crippen LogP contribution in [0.5, 0.6) is 5.75 Å². The molecule has 0 unspecified atom stereocenters. The Bertz CT molecular complexity index is 494. The van der Waals surface area contributed by atoms with E-state index in [0.29, 0.717) is 0 Å². The summed E-state index contributed by atoms with van der Waals surface area (Å²) in [6.07, 6.45) is -4.93. The lowest BCUT2D eigenvalue weighted by molar-refractivity contribution is -0.274. The van der Waals surface area contributed by atoms with Gasteiger partial charge in [0.05, 0.1) is 6.61 Å². The number of carbonyl (C=O) groups excluding carboxylic acids is 1. The summed E-state index contributed by atoms with van der Waals surface area (Å²) in [7, 11) is 0. The summed E-state index contributed by atoms with van der Waals surface area (Å²) in [6, 6.07) is 3.24. The smallest absolute Gasteiger partial charge is 0.461 e. The summed E-state index contributed by atoms with van der Waals surface area (Å²) in [5, 5.41) is 8.64. The largest absolute Gasteiger partial charge is 0.573 e. The third kappa shape index (κ3) is 3.62. The molecule has 1 heterocycles. The maximum Gasteiger partial charge on any atom is 0.573 e. The van der Waals surface area contributed by atoms with E-state index in [2.05, 4.69) is 14.5 Å². The van der Waals surface area contributed by atoms with Gasteiger partial charge in [0.2, 0.25) is 0 Å². The normalized spacial score (nSPS) is 10.6. The topological polar surface area (TPSA) is 72.2 Å². The highest BCUT2D eigenvalue weighted by Crippen LogP contribution is 2.25. The molecule has 0 bridgehead atoms. The molecule has 0 fully saturated rings. The Hall–Kier alpha value is -2.30. The first-order valence-corrected chi connectivity index (χ1v) is 4.71. The van der Waals surface area contributed by atoms with Crippen LogP contribution in [0.2, 0.25) is 0 Å². The van der Waals surface area contributed by atoms with Gasteiger partial charge in [-0.15, -0.1) is 13.2 Å². The second-order valence-electron chi connectivity index (χ2n) is 2.92. The lowest BCUT2D eigenvalue weighted by Crippen LogP contribution is -2.18. The number of alkyl halides is 3. The van der Waals surface area contributed by atoms with Gasteiger partial charge in [0.1, 0.15) is 11.8 Å². The molecular formula is C10H7F3N2O3. The molecule has 1 aromatic rings. The Balaban J connectivity index is 3.05. The molecular weight excluding hydrogens is 253 g/mol. The Kier molecular flexibility index (Phi) is 4.09. The standard InChI is InChI=1S/C10H7F3N2O3/c1-2-17-9(16)6-3-4-8(7(5-14)15-6)18-10(11,12)13/h3-4H,2H2,1H3. The summed E-state index contributed by atoms with van der Waals surface area (Å²) >= 11 is 0. The van der Waals surface area contributed by atoms with Crippen molar-refractivity contribution in [3.05, 3.63) is 23.5 Å². The van der Waals surface area contributed by atoms with Gasteiger partial charge >= 0.3 is 12.3 Å². The Morgan fingerprint density at radius 1 is 1.50 bits per heavy atom. The molecule has 0 saturated heterocycles. The number of carbonyl (C=O) groups is 1. The summed E-state index contributed by atoms with van der Waals surface area (Å²) in [5.74, 6) is -1.59. The number of hydrogen-bond donors (Lipinski definition) is 0. The van der Waals surface area contributed by atoms with Crippen LogP contribution in [0.25, 0.3) is 0 Å². The van der Waals surface area contributed by atoms with Crippen LogP contribution in [0.15, 0.2) is 12.1 Å². The van der Waals surface area contributed by atoms with E-state index in [1.54, 1.807) is 6.92 Å². The zero-order valence-corrected chi connectivity index (χ0v) is 9.11. The molecule has 0 radical (unpaired) electrons. The van der Waals surface area contributed by atoms with Crippen LogP contribution in [-0.4, -0.2) is 23.9 Å². The van der Waals surface area contributed by atoms with E-state index >= 15 is 0 Å². The van der Waals surface area contributed by atoms with E-state index < -0.39 is 23.8 Å². The second-order valence-corrected chi connectivity index (χ2v) is 2.92. The maximum atomic E-state index is 12.0. The molecule has 0 spiro atoms. The number of aromatic nitrogens is 1. The first-order valence-electron chi connectivity index (χ1n) is 4.71. The highest BCUT2D eigenvalue weighted by Gasteiger charge is 2.32. The average Bonchev–Trinajstić information content (AvgIpc) is 2.27. The number of halogens is 3. The van der Waals surface area contributed by atoms with Crippen LogP contribution in [0, 0.1) is 11.3 Å². The Morgan fingerprint density at radius 3 is 2.67 bits per heavy atom. The fourth-order valence-corrected chi connectivity index (χ4v) is 1.05. The van der Waals surface area contributed by atoms with Gasteiger partial charge in [-0.05, 0) is 19.1 Å². The molecule has 5 nitrogen and oxygen atoms in total. The van der Waals surface area contributed by atoms with E-state index in [4.69, 9.17) is 5.26 Å². The van der Waals surface area contributed by atoms with Crippen LogP contribution in [0.4, 0.5) is 13.2 Å². The molecule has 1 aromatic heterocycles. The average molecular weight is 260 g/mol. The van der Waals surface area contributed by atoms with Crippen molar-refractivity contribution in [3.8, 4) is 11.8 Å². The summed E-state index contributed by atoms with van der Waals surface area (Å²) in [5.41, 5.74) is -0.902. The number of ether oxygens (including phenoxy) is 2. The highest BCUT2D eigenvalue weighted by molar-refractivity contribution is 5.87. The fourth-order valence-electron chi connectivity index (χ4n) is 1.05. The van der Waals surface area contributed by atoms with Crippen LogP contribution in [0.1, 0.15) is 23.1 Å². The van der Waals surface area contributed by atoms with Crippen molar-refractivity contribution in [2.75, 3.05) is 6.61 Å². The molecule has 0 saturated carbocycles. The van der Waals surface area contributed by atoms with Crippen LogP contribution < -0.4 is 4.74 Å². The monoisotopic (exact) mass is 260 g/mol. The molecule has 0 atom stereocenters. The number of pyridine rings is 1. The lowest BCUT2D eigenvalue weighted by Gasteiger charge is -2.10. The zero-order chi connectivity index (χ0) is 13.8. The number of nitrogens with zero attached hydrogens (tertiary/aromatic N) is 2. The molecule has 8 heteroatoms. The maximum absolute atomic E-state index is 12.0. The van der Waals surface area contributed by atoms with Crippen LogP contribution in [-0.2, 0) is 4.74 Å². The zero-order valence-electron chi connectivity index (χ0n) is 9.11. The first-order chi connectivity index (χ1) is 8.37. The molecule has 0 aliphatic heterocycles. The molecule has 1 rings (SSSR count). The third-order valence-electron chi connectivity index (χ3n) is 1.67. The van der Waals surface area contributed by atoms with Crippen molar-refractivity contribution in [3.63, 3.8) is 0 Å². The molecule has 18 heavy (non-hydrogen) atoms. The van der Waals surface area contributed by atoms with Crippen LogP contribution in [0.3, 0.4) is 0 Å². The van der Waals surface area contributed by atoms with E-state index in [9.17, 15) is 18.0 Å². The minimum absolute atomic E-state index is 0.0865. The minimum atomic E-state index is -4.93. The molecule has 0 aromatic carbocycles. The van der Waals surface area contributed by atoms with Gasteiger partial charge in [0.15, 0.2) is 11.4 Å². The number of esters is 1. The van der Waals surface area contributed by atoms with Crippen molar-refractivity contribution in [2.45, 2.75) is 13.3 Å². The van der Waals surface area contributed by atoms with Crippen molar-refractivity contribution in [2.24, 2.45) is 0 Å². The molecule has 0 aliphatic rings.